The van der Waals surface area contributed by atoms with Gasteiger partial charge in [-0.25, -0.2) is 4.79 Å². The summed E-state index contributed by atoms with van der Waals surface area (Å²) in [4.78, 5) is 10.7. The summed E-state index contributed by atoms with van der Waals surface area (Å²) >= 11 is 0. The lowest BCUT2D eigenvalue weighted by atomic mass is 10.0. The first-order chi connectivity index (χ1) is 8.08. The Morgan fingerprint density at radius 1 is 0.941 bits per heavy atom. The molecule has 0 spiro atoms. The fraction of sp³-hybridized carbons (Fsp3) is 0. The number of phenolic OH excluding ortho intramolecular Hbond substituents is 2. The van der Waals surface area contributed by atoms with E-state index in [9.17, 15) is 9.90 Å². The lowest BCUT2D eigenvalue weighted by molar-refractivity contribution is 0.0697. The van der Waals surface area contributed by atoms with Crippen molar-refractivity contribution in [3.63, 3.8) is 0 Å². The Hall–Kier alpha value is -2.49. The van der Waals surface area contributed by atoms with Crippen molar-refractivity contribution in [2.45, 2.75) is 0 Å². The second-order valence-corrected chi connectivity index (χ2v) is 3.58. The molecule has 3 N–H and O–H groups in total. The second-order valence-electron chi connectivity index (χ2n) is 3.58. The predicted octanol–water partition coefficient (Wildman–Crippen LogP) is 2.46. The van der Waals surface area contributed by atoms with Gasteiger partial charge in [-0.1, -0.05) is 12.1 Å². The van der Waals surface area contributed by atoms with Gasteiger partial charge in [0.15, 0.2) is 0 Å². The van der Waals surface area contributed by atoms with Gasteiger partial charge in [-0.15, -0.1) is 0 Å². The lowest BCUT2D eigenvalue weighted by Crippen LogP contribution is -1.94. The minimum Gasteiger partial charge on any atom is -0.508 e. The van der Waals surface area contributed by atoms with Crippen LogP contribution in [0.4, 0.5) is 0 Å². The topological polar surface area (TPSA) is 77.8 Å². The number of rotatable bonds is 2. The normalized spacial score (nSPS) is 10.1. The highest BCUT2D eigenvalue weighted by atomic mass is 16.4. The summed E-state index contributed by atoms with van der Waals surface area (Å²) in [7, 11) is 0. The molecule has 2 aromatic rings. The molecule has 0 aliphatic carbocycles. The Balaban J connectivity index is 2.43. The first-order valence-corrected chi connectivity index (χ1v) is 4.93. The van der Waals surface area contributed by atoms with Crippen LogP contribution in [0.5, 0.6) is 11.5 Å². The Labute approximate surface area is 97.4 Å². The van der Waals surface area contributed by atoms with Crippen molar-refractivity contribution in [1.29, 1.82) is 0 Å². The van der Waals surface area contributed by atoms with Crippen LogP contribution in [0, 0.1) is 0 Å². The number of benzene rings is 2. The molecule has 4 nitrogen and oxygen atoms in total. The summed E-state index contributed by atoms with van der Waals surface area (Å²) in [5.74, 6) is -1.06. The van der Waals surface area contributed by atoms with E-state index in [2.05, 4.69) is 0 Å². The molecule has 0 saturated carbocycles. The second kappa shape index (κ2) is 4.17. The first kappa shape index (κ1) is 11.0. The summed E-state index contributed by atoms with van der Waals surface area (Å²) in [5.41, 5.74) is 1.42. The summed E-state index contributed by atoms with van der Waals surface area (Å²) in [6, 6.07) is 10.4. The summed E-state index contributed by atoms with van der Waals surface area (Å²) in [6.07, 6.45) is 0. The standard InChI is InChI=1S/C13H10O4/c14-10-5-6-11(12(15)7-10)8-1-3-9(4-2-8)13(16)17/h1-7,14-15H,(H,16,17). The average Bonchev–Trinajstić information content (AvgIpc) is 2.29. The Morgan fingerprint density at radius 3 is 2.12 bits per heavy atom. The van der Waals surface area contributed by atoms with Crippen LogP contribution in [0.25, 0.3) is 11.1 Å². The van der Waals surface area contributed by atoms with Gasteiger partial charge in [0.2, 0.25) is 0 Å². The molecule has 0 atom stereocenters. The molecule has 0 radical (unpaired) electrons. The summed E-state index contributed by atoms with van der Waals surface area (Å²) < 4.78 is 0. The number of hydrogen-bond donors (Lipinski definition) is 3. The third-order valence-corrected chi connectivity index (χ3v) is 2.42. The molecule has 0 amide bonds. The van der Waals surface area contributed by atoms with Crippen LogP contribution in [0.1, 0.15) is 10.4 Å². The minimum absolute atomic E-state index is 0.0200. The molecule has 17 heavy (non-hydrogen) atoms. The highest BCUT2D eigenvalue weighted by molar-refractivity contribution is 5.88. The number of aromatic carboxylic acids is 1. The van der Waals surface area contributed by atoms with Crippen LogP contribution < -0.4 is 0 Å². The van der Waals surface area contributed by atoms with Crippen LogP contribution in [0.15, 0.2) is 42.5 Å². The Kier molecular flexibility index (Phi) is 2.70. The molecule has 0 bridgehead atoms. The number of phenols is 2. The third kappa shape index (κ3) is 2.20. The zero-order valence-corrected chi connectivity index (χ0v) is 8.79. The van der Waals surface area contributed by atoms with E-state index in [1.54, 1.807) is 18.2 Å². The van der Waals surface area contributed by atoms with Crippen LogP contribution in [-0.4, -0.2) is 21.3 Å². The van der Waals surface area contributed by atoms with Crippen LogP contribution in [0.3, 0.4) is 0 Å². The monoisotopic (exact) mass is 230 g/mol. The van der Waals surface area contributed by atoms with Gasteiger partial charge >= 0.3 is 5.97 Å². The average molecular weight is 230 g/mol. The molecule has 86 valence electrons. The molecular formula is C13H10O4. The zero-order valence-electron chi connectivity index (χ0n) is 8.79. The third-order valence-electron chi connectivity index (χ3n) is 2.42. The zero-order chi connectivity index (χ0) is 12.4. The van der Waals surface area contributed by atoms with Crippen molar-refractivity contribution in [3.8, 4) is 22.6 Å². The van der Waals surface area contributed by atoms with Crippen molar-refractivity contribution in [1.82, 2.24) is 0 Å². The number of carbonyl (C=O) groups is 1. The van der Waals surface area contributed by atoms with E-state index in [4.69, 9.17) is 10.2 Å². The van der Waals surface area contributed by atoms with Crippen molar-refractivity contribution >= 4 is 5.97 Å². The number of carboxylic acid groups (broad SMARTS) is 1. The fourth-order valence-corrected chi connectivity index (χ4v) is 1.56. The fourth-order valence-electron chi connectivity index (χ4n) is 1.56. The van der Waals surface area contributed by atoms with Crippen LogP contribution in [-0.2, 0) is 0 Å². The van der Waals surface area contributed by atoms with Crippen molar-refractivity contribution in [2.75, 3.05) is 0 Å². The lowest BCUT2D eigenvalue weighted by Gasteiger charge is -2.05. The number of carboxylic acids is 1. The van der Waals surface area contributed by atoms with Gasteiger partial charge in [0.1, 0.15) is 11.5 Å². The SMILES string of the molecule is O=C(O)c1ccc(-c2ccc(O)cc2O)cc1. The maximum absolute atomic E-state index is 10.7. The van der Waals surface area contributed by atoms with Gasteiger partial charge in [0, 0.05) is 11.6 Å². The van der Waals surface area contributed by atoms with Gasteiger partial charge in [-0.2, -0.15) is 0 Å². The van der Waals surface area contributed by atoms with Crippen molar-refractivity contribution < 1.29 is 20.1 Å². The van der Waals surface area contributed by atoms with E-state index in [1.165, 1.54) is 24.3 Å². The molecular weight excluding hydrogens is 220 g/mol. The molecule has 0 aliphatic heterocycles. The Morgan fingerprint density at radius 2 is 1.59 bits per heavy atom. The van der Waals surface area contributed by atoms with Gasteiger partial charge in [-0.3, -0.25) is 0 Å². The van der Waals surface area contributed by atoms with E-state index < -0.39 is 5.97 Å². The van der Waals surface area contributed by atoms with E-state index in [1.807, 2.05) is 0 Å². The number of hydrogen-bond acceptors (Lipinski definition) is 3. The minimum atomic E-state index is -0.994. The summed E-state index contributed by atoms with van der Waals surface area (Å²) in [5, 5.41) is 27.6. The van der Waals surface area contributed by atoms with Crippen LogP contribution in [0.2, 0.25) is 0 Å². The molecule has 0 heterocycles. The molecule has 0 aliphatic rings. The Bertz CT molecular complexity index is 558. The molecule has 0 fully saturated rings. The predicted molar refractivity (Wildman–Crippen MR) is 62.2 cm³/mol. The molecule has 2 aromatic carbocycles. The largest absolute Gasteiger partial charge is 0.508 e. The molecule has 0 unspecified atom stereocenters. The maximum Gasteiger partial charge on any atom is 0.335 e. The molecule has 2 rings (SSSR count). The molecule has 4 heteroatoms. The maximum atomic E-state index is 10.7. The highest BCUT2D eigenvalue weighted by Crippen LogP contribution is 2.31. The highest BCUT2D eigenvalue weighted by Gasteiger charge is 2.07. The van der Waals surface area contributed by atoms with E-state index in [0.717, 1.165) is 0 Å². The van der Waals surface area contributed by atoms with E-state index in [-0.39, 0.29) is 17.1 Å². The van der Waals surface area contributed by atoms with E-state index in [0.29, 0.717) is 11.1 Å². The first-order valence-electron chi connectivity index (χ1n) is 4.93. The van der Waals surface area contributed by atoms with Gasteiger partial charge in [-0.05, 0) is 29.8 Å². The van der Waals surface area contributed by atoms with Crippen molar-refractivity contribution in [3.05, 3.63) is 48.0 Å². The number of aromatic hydroxyl groups is 2. The van der Waals surface area contributed by atoms with Gasteiger partial charge in [0.05, 0.1) is 5.56 Å². The van der Waals surface area contributed by atoms with Crippen molar-refractivity contribution in [2.24, 2.45) is 0 Å². The summed E-state index contributed by atoms with van der Waals surface area (Å²) in [6.45, 7) is 0. The van der Waals surface area contributed by atoms with Crippen LogP contribution >= 0.6 is 0 Å². The molecule has 0 aromatic heterocycles. The molecule has 0 saturated heterocycles. The van der Waals surface area contributed by atoms with E-state index >= 15 is 0 Å². The van der Waals surface area contributed by atoms with Gasteiger partial charge < -0.3 is 15.3 Å². The quantitative estimate of drug-likeness (QED) is 0.740. The van der Waals surface area contributed by atoms with Gasteiger partial charge in [0.25, 0.3) is 0 Å². The smallest absolute Gasteiger partial charge is 0.335 e.